The molecule has 0 aliphatic rings. The van der Waals surface area contributed by atoms with E-state index in [0.29, 0.717) is 5.56 Å². The number of hydrogen-bond acceptors (Lipinski definition) is 2. The molecule has 3 nitrogen and oxygen atoms in total. The molecule has 1 aromatic carbocycles. The summed E-state index contributed by atoms with van der Waals surface area (Å²) in [7, 11) is 3.00. The normalized spacial score (nSPS) is 8.77. The summed E-state index contributed by atoms with van der Waals surface area (Å²) >= 11 is 0. The van der Waals surface area contributed by atoms with Crippen molar-refractivity contribution in [2.24, 2.45) is 0 Å². The number of benzene rings is 1. The van der Waals surface area contributed by atoms with Gasteiger partial charge in [-0.2, -0.15) is 0 Å². The van der Waals surface area contributed by atoms with Gasteiger partial charge < -0.3 is 0 Å². The third-order valence-electron chi connectivity index (χ3n) is 1.63. The van der Waals surface area contributed by atoms with Crippen LogP contribution in [0.15, 0.2) is 18.2 Å². The third-order valence-corrected chi connectivity index (χ3v) is 1.75. The Kier molecular flexibility index (Phi) is 2.83. The van der Waals surface area contributed by atoms with Crippen LogP contribution in [0, 0.1) is 28.5 Å². The SMILES string of the molecule is Cc1ccc([N+](=O)[O-])cc1C#C[Si]. The molecule has 63 valence electrons. The fourth-order valence-electron chi connectivity index (χ4n) is 0.926. The lowest BCUT2D eigenvalue weighted by Crippen LogP contribution is -1.90. The summed E-state index contributed by atoms with van der Waals surface area (Å²) in [6.07, 6.45) is 0. The molecule has 13 heavy (non-hydrogen) atoms. The average Bonchev–Trinajstić information content (AvgIpc) is 2.08. The van der Waals surface area contributed by atoms with E-state index < -0.39 is 4.92 Å². The van der Waals surface area contributed by atoms with Gasteiger partial charge in [0.2, 0.25) is 0 Å². The molecule has 0 saturated heterocycles. The van der Waals surface area contributed by atoms with Crippen LogP contribution < -0.4 is 0 Å². The summed E-state index contributed by atoms with van der Waals surface area (Å²) in [5.41, 5.74) is 4.19. The van der Waals surface area contributed by atoms with Crippen LogP contribution in [0.3, 0.4) is 0 Å². The maximum absolute atomic E-state index is 10.4. The predicted octanol–water partition coefficient (Wildman–Crippen LogP) is 1.38. The Morgan fingerprint density at radius 1 is 1.54 bits per heavy atom. The summed E-state index contributed by atoms with van der Waals surface area (Å²) in [6.45, 7) is 1.86. The van der Waals surface area contributed by atoms with Crippen molar-refractivity contribution < 1.29 is 4.92 Å². The average molecular weight is 188 g/mol. The Labute approximate surface area is 79.3 Å². The van der Waals surface area contributed by atoms with E-state index in [1.807, 2.05) is 6.92 Å². The van der Waals surface area contributed by atoms with E-state index >= 15 is 0 Å². The van der Waals surface area contributed by atoms with Crippen molar-refractivity contribution in [1.29, 1.82) is 0 Å². The van der Waals surface area contributed by atoms with E-state index in [1.54, 1.807) is 6.07 Å². The number of nitrogens with zero attached hydrogens (tertiary/aromatic N) is 1. The summed E-state index contributed by atoms with van der Waals surface area (Å²) in [4.78, 5) is 9.98. The van der Waals surface area contributed by atoms with Crippen LogP contribution in [0.25, 0.3) is 0 Å². The molecule has 1 aromatic rings. The van der Waals surface area contributed by atoms with Crippen LogP contribution >= 0.6 is 0 Å². The molecule has 0 atom stereocenters. The van der Waals surface area contributed by atoms with Crippen LogP contribution in [0.2, 0.25) is 0 Å². The lowest BCUT2D eigenvalue weighted by atomic mass is 10.1. The van der Waals surface area contributed by atoms with E-state index in [1.165, 1.54) is 12.1 Å². The van der Waals surface area contributed by atoms with Crippen molar-refractivity contribution >= 4 is 15.9 Å². The topological polar surface area (TPSA) is 43.1 Å². The maximum atomic E-state index is 10.4. The molecular weight excluding hydrogens is 182 g/mol. The van der Waals surface area contributed by atoms with E-state index in [9.17, 15) is 10.1 Å². The molecule has 0 bridgehead atoms. The van der Waals surface area contributed by atoms with E-state index in [4.69, 9.17) is 0 Å². The van der Waals surface area contributed by atoms with Gasteiger partial charge in [0.25, 0.3) is 5.69 Å². The van der Waals surface area contributed by atoms with Gasteiger partial charge in [0.05, 0.1) is 4.92 Å². The minimum Gasteiger partial charge on any atom is -0.258 e. The molecule has 0 spiro atoms. The Balaban J connectivity index is 3.24. The molecule has 4 heteroatoms. The Hall–Kier alpha value is -1.60. The van der Waals surface area contributed by atoms with Crippen molar-refractivity contribution in [3.05, 3.63) is 39.4 Å². The van der Waals surface area contributed by atoms with Crippen molar-refractivity contribution in [1.82, 2.24) is 0 Å². The zero-order valence-electron chi connectivity index (χ0n) is 7.00. The summed E-state index contributed by atoms with van der Waals surface area (Å²) in [6, 6.07) is 4.61. The monoisotopic (exact) mass is 188 g/mol. The zero-order valence-corrected chi connectivity index (χ0v) is 8.00. The van der Waals surface area contributed by atoms with E-state index in [0.717, 1.165) is 5.56 Å². The highest BCUT2D eigenvalue weighted by atomic mass is 28.1. The number of rotatable bonds is 1. The van der Waals surface area contributed by atoms with E-state index in [-0.39, 0.29) is 5.69 Å². The fraction of sp³-hybridized carbons (Fsp3) is 0.111. The Morgan fingerprint density at radius 2 is 2.23 bits per heavy atom. The van der Waals surface area contributed by atoms with Gasteiger partial charge >= 0.3 is 0 Å². The fourth-order valence-corrected chi connectivity index (χ4v) is 1.06. The predicted molar refractivity (Wildman–Crippen MR) is 50.5 cm³/mol. The smallest absolute Gasteiger partial charge is 0.258 e. The first kappa shape index (κ1) is 9.48. The van der Waals surface area contributed by atoms with Crippen LogP contribution in [0.4, 0.5) is 5.69 Å². The highest BCUT2D eigenvalue weighted by Crippen LogP contribution is 2.15. The Morgan fingerprint density at radius 3 is 2.77 bits per heavy atom. The molecule has 0 heterocycles. The van der Waals surface area contributed by atoms with Crippen LogP contribution in [0.1, 0.15) is 11.1 Å². The van der Waals surface area contributed by atoms with Gasteiger partial charge in [-0.05, 0) is 12.5 Å². The first-order valence-corrected chi connectivity index (χ1v) is 4.08. The molecule has 0 aliphatic carbocycles. The molecule has 0 aliphatic heterocycles. The van der Waals surface area contributed by atoms with Crippen LogP contribution in [0.5, 0.6) is 0 Å². The van der Waals surface area contributed by atoms with Gasteiger partial charge in [0.15, 0.2) is 0 Å². The van der Waals surface area contributed by atoms with Gasteiger partial charge in [-0.3, -0.25) is 10.1 Å². The summed E-state index contributed by atoms with van der Waals surface area (Å²) in [5.74, 6) is 2.73. The minimum atomic E-state index is -0.432. The highest BCUT2D eigenvalue weighted by molar-refractivity contribution is 6.22. The van der Waals surface area contributed by atoms with Gasteiger partial charge in [0.1, 0.15) is 10.2 Å². The number of non-ortho nitro benzene ring substituents is 1. The first-order chi connectivity index (χ1) is 6.15. The molecule has 1 rings (SSSR count). The van der Waals surface area contributed by atoms with Gasteiger partial charge in [-0.25, -0.2) is 0 Å². The number of hydrogen-bond donors (Lipinski definition) is 0. The quantitative estimate of drug-likeness (QED) is 0.289. The lowest BCUT2D eigenvalue weighted by molar-refractivity contribution is -0.384. The highest BCUT2D eigenvalue weighted by Gasteiger charge is 2.06. The Bertz CT molecular complexity index is 404. The number of nitro benzene ring substituents is 1. The molecule has 0 aromatic heterocycles. The zero-order chi connectivity index (χ0) is 9.84. The van der Waals surface area contributed by atoms with Crippen LogP contribution in [-0.4, -0.2) is 15.2 Å². The van der Waals surface area contributed by atoms with Gasteiger partial charge in [-0.15, -0.1) is 5.54 Å². The number of nitro groups is 1. The largest absolute Gasteiger partial charge is 0.270 e. The molecule has 3 radical (unpaired) electrons. The second-order valence-corrected chi connectivity index (χ2v) is 2.76. The molecule has 0 amide bonds. The molecular formula is C9H6NO2Si. The van der Waals surface area contributed by atoms with E-state index in [2.05, 4.69) is 21.7 Å². The van der Waals surface area contributed by atoms with Crippen molar-refractivity contribution in [3.63, 3.8) is 0 Å². The third kappa shape index (κ3) is 2.17. The summed E-state index contributed by atoms with van der Waals surface area (Å²) < 4.78 is 0. The van der Waals surface area contributed by atoms with Gasteiger partial charge in [-0.1, -0.05) is 12.0 Å². The number of aryl methyl sites for hydroxylation is 1. The minimum absolute atomic E-state index is 0.0648. The van der Waals surface area contributed by atoms with Gasteiger partial charge in [0, 0.05) is 17.7 Å². The lowest BCUT2D eigenvalue weighted by Gasteiger charge is -1.96. The molecule has 0 N–H and O–H groups in total. The summed E-state index contributed by atoms with van der Waals surface area (Å²) in [5, 5.41) is 10.4. The first-order valence-electron chi connectivity index (χ1n) is 3.58. The van der Waals surface area contributed by atoms with Crippen molar-refractivity contribution in [3.8, 4) is 11.5 Å². The molecule has 0 unspecified atom stereocenters. The van der Waals surface area contributed by atoms with Crippen LogP contribution in [-0.2, 0) is 0 Å². The van der Waals surface area contributed by atoms with Crippen molar-refractivity contribution in [2.45, 2.75) is 6.92 Å². The van der Waals surface area contributed by atoms with Crippen molar-refractivity contribution in [2.75, 3.05) is 0 Å². The maximum Gasteiger partial charge on any atom is 0.270 e. The second kappa shape index (κ2) is 3.87. The standard InChI is InChI=1S/C9H6NO2Si/c1-7-2-3-9(10(11)12)6-8(7)4-5-13/h2-3,6H,1H3. The molecule has 0 fully saturated rings. The second-order valence-electron chi connectivity index (χ2n) is 2.51. The molecule has 0 saturated carbocycles.